The van der Waals surface area contributed by atoms with Crippen molar-refractivity contribution in [3.63, 3.8) is 0 Å². The molecule has 8 aliphatic rings. The Balaban J connectivity index is 0.000000107. The van der Waals surface area contributed by atoms with Crippen LogP contribution in [0.4, 0.5) is 45.6 Å². The monoisotopic (exact) mass is 1850 g/mol. The van der Waals surface area contributed by atoms with Gasteiger partial charge in [0.15, 0.2) is 27.7 Å². The molecule has 0 atom stereocenters. The van der Waals surface area contributed by atoms with Gasteiger partial charge in [0.05, 0.1) is 184 Å². The number of rotatable bonds is 15. The number of nitrogens with one attached hydrogen (secondary N) is 3. The quantitative estimate of drug-likeness (QED) is 0.0637. The first-order chi connectivity index (χ1) is 65.9. The number of anilines is 7. The Morgan fingerprint density at radius 3 is 1.05 bits per heavy atom. The summed E-state index contributed by atoms with van der Waals surface area (Å²) in [7, 11) is 3.18. The molecule has 8 aliphatic heterocycles. The fourth-order valence-corrected chi connectivity index (χ4v) is 19.7. The van der Waals surface area contributed by atoms with Crippen LogP contribution in [0.15, 0.2) is 110 Å². The topological polar surface area (TPSA) is 461 Å². The maximum atomic E-state index is 11.8. The van der Waals surface area contributed by atoms with Gasteiger partial charge in [-0.05, 0) is 87.8 Å². The molecule has 8 saturated heterocycles. The summed E-state index contributed by atoms with van der Waals surface area (Å²) >= 11 is 3.03. The van der Waals surface area contributed by atoms with Crippen LogP contribution in [-0.4, -0.2) is 293 Å². The van der Waals surface area contributed by atoms with Crippen molar-refractivity contribution in [2.45, 2.75) is 82.0 Å². The Labute approximate surface area is 775 Å². The van der Waals surface area contributed by atoms with E-state index < -0.39 is 0 Å². The van der Waals surface area contributed by atoms with Gasteiger partial charge < -0.3 is 79.6 Å². The van der Waals surface area contributed by atoms with E-state index in [1.165, 1.54) is 11.3 Å². The number of hydrogen-bond acceptors (Lipinski definition) is 36. The summed E-state index contributed by atoms with van der Waals surface area (Å²) in [6.45, 7) is 17.3. The highest BCUT2D eigenvalue weighted by molar-refractivity contribution is 7.22. The van der Waals surface area contributed by atoms with Crippen LogP contribution in [0.2, 0.25) is 0 Å². The van der Waals surface area contributed by atoms with Crippen molar-refractivity contribution >= 4 is 162 Å². The number of fused-ring (bicyclic) bond motifs is 8. The number of likely N-dealkylation sites (N-methyl/N-ethyl adjacent to an activating group) is 1. The van der Waals surface area contributed by atoms with Gasteiger partial charge in [-0.3, -0.25) is 10.1 Å². The minimum Gasteiger partial charge on any atom is -0.381 e. The maximum absolute atomic E-state index is 11.8. The summed E-state index contributed by atoms with van der Waals surface area (Å²) in [6, 6.07) is 25.0. The Bertz CT molecular complexity index is 6940. The molecule has 8 fully saturated rings. The van der Waals surface area contributed by atoms with Gasteiger partial charge in [0, 0.05) is 165 Å². The number of nitrogens with two attached hydrogens (primary N) is 2. The van der Waals surface area contributed by atoms with Gasteiger partial charge in [-0.1, -0.05) is 47.7 Å². The first-order valence-electron chi connectivity index (χ1n) is 45.6. The molecule has 4 aromatic carbocycles. The van der Waals surface area contributed by atoms with E-state index in [1.807, 2.05) is 70.5 Å². The lowest BCUT2D eigenvalue weighted by Gasteiger charge is -2.27. The number of aromatic nitrogens is 22. The highest BCUT2D eigenvalue weighted by Crippen LogP contribution is 2.41. The molecular weight excluding hydrogens is 1750 g/mol. The molecule has 0 spiro atoms. The van der Waals surface area contributed by atoms with Crippen molar-refractivity contribution in [3.8, 4) is 45.0 Å². The van der Waals surface area contributed by atoms with Gasteiger partial charge in [0.1, 0.15) is 5.01 Å². The molecule has 20 heterocycles. The second kappa shape index (κ2) is 39.5. The highest BCUT2D eigenvalue weighted by atomic mass is 32.1. The average molecular weight is 1850 g/mol. The van der Waals surface area contributed by atoms with Gasteiger partial charge in [-0.15, -0.1) is 11.3 Å². The third-order valence-electron chi connectivity index (χ3n) is 25.2. The Hall–Kier alpha value is -13.2. The van der Waals surface area contributed by atoms with Crippen molar-refractivity contribution in [1.82, 2.24) is 120 Å². The summed E-state index contributed by atoms with van der Waals surface area (Å²) in [5.41, 5.74) is 25.5. The summed E-state index contributed by atoms with van der Waals surface area (Å²) < 4.78 is 54.7. The largest absolute Gasteiger partial charge is 0.381 e. The second-order valence-electron chi connectivity index (χ2n) is 33.6. The molecule has 12 aromatic heterocycles. The Kier molecular flexibility index (Phi) is 25.8. The third kappa shape index (κ3) is 18.7. The summed E-state index contributed by atoms with van der Waals surface area (Å²) in [5, 5.41) is 33.6. The summed E-state index contributed by atoms with van der Waals surface area (Å²) in [4.78, 5) is 98.6. The van der Waals surface area contributed by atoms with E-state index in [0.29, 0.717) is 81.3 Å². The average Bonchev–Trinajstić information content (AvgIpc) is 1.51. The van der Waals surface area contributed by atoms with Crippen molar-refractivity contribution < 1.29 is 47.5 Å². The fraction of sp³-hybridized carbons (Fsp3) is 0.429. The number of carbonyl (C=O) groups excluding carboxylic acids is 2. The van der Waals surface area contributed by atoms with E-state index in [4.69, 9.17) is 115 Å². The predicted molar refractivity (Wildman–Crippen MR) is 509 cm³/mol. The van der Waals surface area contributed by atoms with Crippen molar-refractivity contribution in [1.29, 1.82) is 0 Å². The molecule has 41 nitrogen and oxygen atoms in total. The lowest BCUT2D eigenvalue weighted by molar-refractivity contribution is -0.119. The zero-order valence-electron chi connectivity index (χ0n) is 74.2. The molecule has 0 saturated carbocycles. The highest BCUT2D eigenvalue weighted by Gasteiger charge is 2.32. The van der Waals surface area contributed by atoms with Gasteiger partial charge in [0.25, 0.3) is 0 Å². The van der Waals surface area contributed by atoms with Crippen molar-refractivity contribution in [2.75, 3.05) is 209 Å². The Morgan fingerprint density at radius 1 is 0.358 bits per heavy atom. The molecule has 134 heavy (non-hydrogen) atoms. The fourth-order valence-electron chi connectivity index (χ4n) is 18.0. The number of benzene rings is 4. The van der Waals surface area contributed by atoms with E-state index in [2.05, 4.69) is 106 Å². The van der Waals surface area contributed by atoms with Crippen LogP contribution in [0.3, 0.4) is 0 Å². The number of urea groups is 1. The summed E-state index contributed by atoms with van der Waals surface area (Å²) in [5.74, 6) is 3.22. The molecule has 0 bridgehead atoms. The first-order valence-corrected chi connectivity index (χ1v) is 47.2. The molecule has 3 amide bonds. The number of morpholine rings is 4. The van der Waals surface area contributed by atoms with Gasteiger partial charge in [-0.25, -0.2) is 73.4 Å². The number of ether oxygens (including phenoxy) is 8. The number of amides is 3. The SMILES string of the molecule is CNC(=O)Cc1nc2cc(-c3nc(N4CCOCC4)nc4c3cnn4C3CCOCC3)ccc2s1.CNC(=O)Nc1ncc2ccc(-c3nc(N4CCOCC4)nc4c3cnn4C3CCOCC3)cc2n1.Nc1nc2cc(-c3nc(N4CCOCC4)nc4c3cnn4C3CCOCC3)ccc2s1.Nc1ncc2ccc(-c3nc(N4CCOCC4)nc4c3cnn4C3CCOCC3)cc2n1. The van der Waals surface area contributed by atoms with Crippen LogP contribution >= 0.6 is 22.7 Å². The lowest BCUT2D eigenvalue weighted by atomic mass is 10.1. The third-order valence-corrected chi connectivity index (χ3v) is 27.1. The number of nitrogen functional groups attached to an aromatic ring is 2. The zero-order valence-corrected chi connectivity index (χ0v) is 75.9. The van der Waals surface area contributed by atoms with Gasteiger partial charge >= 0.3 is 6.03 Å². The molecule has 24 rings (SSSR count). The van der Waals surface area contributed by atoms with Crippen LogP contribution < -0.4 is 47.0 Å². The molecule has 16 aromatic rings. The number of carbonyl (C=O) groups is 2. The number of hydrogen-bond donors (Lipinski definition) is 5. The van der Waals surface area contributed by atoms with E-state index in [1.54, 1.807) is 37.8 Å². The maximum Gasteiger partial charge on any atom is 0.321 e. The molecular formula is C91H101N31O10S2. The van der Waals surface area contributed by atoms with Crippen LogP contribution in [0, 0.1) is 0 Å². The smallest absolute Gasteiger partial charge is 0.321 e. The number of thiazole rings is 2. The molecule has 7 N–H and O–H groups in total. The molecule has 43 heteroatoms. The van der Waals surface area contributed by atoms with Crippen LogP contribution in [0.25, 0.3) is 131 Å². The zero-order chi connectivity index (χ0) is 90.5. The van der Waals surface area contributed by atoms with Crippen molar-refractivity contribution in [3.05, 3.63) is 115 Å². The molecule has 0 unspecified atom stereocenters. The van der Waals surface area contributed by atoms with Crippen LogP contribution in [-0.2, 0) is 49.1 Å². The first kappa shape index (κ1) is 87.4. The standard InChI is InChI=1S/C24H27N9O3.C24H27N7O3S.C22H24N8O2.C21H23N7O2S/c1-25-24(34)31-22-26-13-16-3-2-15(12-19(16)28-22)20-18-14-27-33(17-4-8-35-9-5-17)21(18)30-23(29-20)32-6-10-36-11-7-32;1-25-20(32)13-21-27-18-12-15(2-3-19(18)35-21)22-17-14-26-31(16-4-8-33-9-5-16)23(17)29-24(28-22)30-6-10-34-11-7-30;23-21-24-12-15-2-1-14(11-18(15)26-21)19-17-13-25-30(16-3-7-31-8-4-16)20(17)28-22(27-19)29-5-9-32-10-6-29;22-20-24-16-11-13(1-2-17(16)31-20)18-15-12-23-28(14-3-7-29-8-4-14)19(15)26-21(25-18)27-5-9-30-10-6-27/h2-3,12-14,17H,4-11H2,1H3,(H2,25,26,28,31,34);2-3,12,14,16H,4-11,13H2,1H3,(H,25,32);1-2,11-13,16H,3-10H2,(H2,23,24,26);1-2,11-12,14H,3-10H2,(H2,22,24). The molecule has 0 radical (unpaired) electrons. The molecule has 0 aliphatic carbocycles. The van der Waals surface area contributed by atoms with E-state index in [-0.39, 0.29) is 54.4 Å². The minimum atomic E-state index is -0.376. The summed E-state index contributed by atoms with van der Waals surface area (Å²) in [6.07, 6.45) is 18.6. The lowest BCUT2D eigenvalue weighted by Crippen LogP contribution is -2.37. The van der Waals surface area contributed by atoms with E-state index in [9.17, 15) is 9.59 Å². The van der Waals surface area contributed by atoms with Gasteiger partial charge in [0.2, 0.25) is 41.6 Å². The van der Waals surface area contributed by atoms with E-state index in [0.717, 1.165) is 293 Å². The Morgan fingerprint density at radius 2 is 0.687 bits per heavy atom. The van der Waals surface area contributed by atoms with Crippen LogP contribution in [0.5, 0.6) is 0 Å². The number of nitrogens with zero attached hydrogens (tertiary/aromatic N) is 26. The molecule has 692 valence electrons. The normalized spacial score (nSPS) is 17.6. The van der Waals surface area contributed by atoms with E-state index >= 15 is 0 Å². The minimum absolute atomic E-state index is 0.0440. The van der Waals surface area contributed by atoms with Crippen LogP contribution in [0.1, 0.15) is 80.5 Å². The van der Waals surface area contributed by atoms with Gasteiger partial charge in [-0.2, -0.15) is 40.3 Å². The van der Waals surface area contributed by atoms with Crippen molar-refractivity contribution in [2.24, 2.45) is 0 Å². The second-order valence-corrected chi connectivity index (χ2v) is 35.8. The predicted octanol–water partition coefficient (Wildman–Crippen LogP) is 10.0.